The summed E-state index contributed by atoms with van der Waals surface area (Å²) < 4.78 is 24.0. The highest BCUT2D eigenvalue weighted by atomic mass is 32.1. The molecule has 5 heterocycles. The number of fused-ring (bicyclic) bond motifs is 5. The van der Waals surface area contributed by atoms with Crippen LogP contribution in [-0.2, 0) is 9.47 Å². The summed E-state index contributed by atoms with van der Waals surface area (Å²) in [6.45, 7) is 8.77. The number of phenols is 1. The Bertz CT molecular complexity index is 1650. The smallest absolute Gasteiger partial charge is 0.255 e. The maximum absolute atomic E-state index is 13.8. The van der Waals surface area contributed by atoms with Crippen molar-refractivity contribution in [3.05, 3.63) is 63.4 Å². The Morgan fingerprint density at radius 3 is 2.57 bits per heavy atom. The van der Waals surface area contributed by atoms with Crippen molar-refractivity contribution in [2.24, 2.45) is 0 Å². The predicted molar refractivity (Wildman–Crippen MR) is 164 cm³/mol. The number of nitrogens with zero attached hydrogens (tertiary/aromatic N) is 1. The van der Waals surface area contributed by atoms with Crippen molar-refractivity contribution in [1.29, 1.82) is 0 Å². The number of amides is 1. The van der Waals surface area contributed by atoms with Crippen LogP contribution in [0.5, 0.6) is 17.2 Å². The molecule has 0 aliphatic carbocycles. The van der Waals surface area contributed by atoms with Crippen molar-refractivity contribution < 1.29 is 28.8 Å². The largest absolute Gasteiger partial charge is 0.504 e. The van der Waals surface area contributed by atoms with E-state index < -0.39 is 5.79 Å². The van der Waals surface area contributed by atoms with E-state index in [0.717, 1.165) is 32.8 Å². The minimum absolute atomic E-state index is 0.00597. The molecular formula is C33H34N2O6S. The second-order valence-electron chi connectivity index (χ2n) is 11.8. The van der Waals surface area contributed by atoms with E-state index in [9.17, 15) is 9.90 Å². The number of hydrogen-bond donors (Lipinski definition) is 2. The number of anilines is 1. The fraction of sp³-hybridized carbons (Fsp3) is 0.364. The predicted octanol–water partition coefficient (Wildman–Crippen LogP) is 6.61. The van der Waals surface area contributed by atoms with Gasteiger partial charge in [0.15, 0.2) is 17.3 Å². The summed E-state index contributed by atoms with van der Waals surface area (Å²) in [5.74, 6) is 1.09. The molecule has 1 spiro atoms. The van der Waals surface area contributed by atoms with E-state index in [2.05, 4.69) is 38.2 Å². The van der Waals surface area contributed by atoms with Crippen LogP contribution in [-0.4, -0.2) is 60.7 Å². The zero-order chi connectivity index (χ0) is 29.2. The lowest BCUT2D eigenvalue weighted by Crippen LogP contribution is -2.47. The number of phenolic OH excluding ortho intramolecular Hbond substituents is 1. The molecule has 2 aromatic carbocycles. The van der Waals surface area contributed by atoms with E-state index in [1.165, 1.54) is 11.3 Å². The highest BCUT2D eigenvalue weighted by molar-refractivity contribution is 7.11. The Morgan fingerprint density at radius 2 is 1.83 bits per heavy atom. The summed E-state index contributed by atoms with van der Waals surface area (Å²) in [5, 5.41) is 16.2. The molecule has 42 heavy (non-hydrogen) atoms. The number of carbonyl (C=O) groups excluding carboxylic acids is 1. The molecule has 2 N–H and O–H groups in total. The van der Waals surface area contributed by atoms with E-state index in [-0.39, 0.29) is 17.2 Å². The number of rotatable bonds is 3. The van der Waals surface area contributed by atoms with Gasteiger partial charge in [0.2, 0.25) is 0 Å². The first kappa shape index (κ1) is 27.1. The van der Waals surface area contributed by atoms with Crippen molar-refractivity contribution in [3.8, 4) is 28.4 Å². The Hall–Kier alpha value is -3.79. The molecule has 3 aromatic rings. The van der Waals surface area contributed by atoms with Crippen molar-refractivity contribution in [2.45, 2.75) is 44.9 Å². The van der Waals surface area contributed by atoms with Crippen LogP contribution in [0.15, 0.2) is 41.8 Å². The highest BCUT2D eigenvalue weighted by Gasteiger charge is 2.41. The Morgan fingerprint density at radius 1 is 1.07 bits per heavy atom. The van der Waals surface area contributed by atoms with Gasteiger partial charge in [0.1, 0.15) is 11.5 Å². The monoisotopic (exact) mass is 586 g/mol. The standard InChI is InChI=1S/C33H34N2O6S/c1-19-18-32(2,3)34-22-6-5-21-28(27(19)22)25(41-24-8-7-23(36)30(38-4)29(21)24)17-26-20(9-16-42-26)31(37)35-12-10-33(11-13-35)39-14-15-40-33/h5-9,16-18,34,36H,10-15H2,1-4H3. The number of hydrogen-bond acceptors (Lipinski definition) is 8. The van der Waals surface area contributed by atoms with Gasteiger partial charge in [0, 0.05) is 53.2 Å². The molecule has 0 unspecified atom stereocenters. The second kappa shape index (κ2) is 9.90. The van der Waals surface area contributed by atoms with Crippen LogP contribution in [0.4, 0.5) is 5.69 Å². The second-order valence-corrected chi connectivity index (χ2v) is 12.7. The average molecular weight is 587 g/mol. The Balaban J connectivity index is 1.32. The molecule has 1 aromatic heterocycles. The molecule has 218 valence electrons. The summed E-state index contributed by atoms with van der Waals surface area (Å²) in [7, 11) is 1.55. The molecule has 2 fully saturated rings. The van der Waals surface area contributed by atoms with Crippen LogP contribution in [0.1, 0.15) is 60.0 Å². The number of piperidine rings is 1. The van der Waals surface area contributed by atoms with Crippen molar-refractivity contribution in [2.75, 3.05) is 38.7 Å². The number of allylic oxidation sites excluding steroid dienone is 1. The molecule has 2 saturated heterocycles. The summed E-state index contributed by atoms with van der Waals surface area (Å²) in [6, 6.07) is 9.34. The fourth-order valence-corrected chi connectivity index (χ4v) is 7.49. The number of methoxy groups -OCH3 is 1. The lowest BCUT2D eigenvalue weighted by atomic mass is 9.83. The molecule has 4 aliphatic heterocycles. The SMILES string of the molecule is COc1c(O)ccc2c1-c1ccc3c(c1C(=Cc1sccc1C(=O)N1CCC4(CC1)OCCO4)O2)C(C)=CC(C)(C)N3. The van der Waals surface area contributed by atoms with Crippen LogP contribution in [0.3, 0.4) is 0 Å². The van der Waals surface area contributed by atoms with Gasteiger partial charge >= 0.3 is 0 Å². The van der Waals surface area contributed by atoms with E-state index in [4.69, 9.17) is 18.9 Å². The van der Waals surface area contributed by atoms with E-state index in [1.54, 1.807) is 19.2 Å². The van der Waals surface area contributed by atoms with Crippen molar-refractivity contribution >= 4 is 40.3 Å². The summed E-state index contributed by atoms with van der Waals surface area (Å²) >= 11 is 1.51. The molecule has 0 radical (unpaired) electrons. The first-order valence-electron chi connectivity index (χ1n) is 14.3. The number of ether oxygens (including phenoxy) is 4. The van der Waals surface area contributed by atoms with Gasteiger partial charge in [-0.3, -0.25) is 4.79 Å². The van der Waals surface area contributed by atoms with Gasteiger partial charge in [-0.2, -0.15) is 0 Å². The van der Waals surface area contributed by atoms with Crippen molar-refractivity contribution in [3.63, 3.8) is 0 Å². The molecule has 8 nitrogen and oxygen atoms in total. The Labute approximate surface area is 249 Å². The molecule has 0 atom stereocenters. The quantitative estimate of drug-likeness (QED) is 0.357. The molecule has 9 heteroatoms. The molecule has 4 aliphatic rings. The molecular weight excluding hydrogens is 552 g/mol. The fourth-order valence-electron chi connectivity index (χ4n) is 6.68. The number of benzene rings is 2. The number of aromatic hydroxyl groups is 1. The normalized spacial score (nSPS) is 20.7. The minimum atomic E-state index is -0.536. The molecule has 1 amide bonds. The maximum atomic E-state index is 13.8. The van der Waals surface area contributed by atoms with Gasteiger partial charge in [0.25, 0.3) is 5.91 Å². The third-order valence-electron chi connectivity index (χ3n) is 8.49. The number of likely N-dealkylation sites (tertiary alicyclic amines) is 1. The van der Waals surface area contributed by atoms with E-state index in [1.807, 2.05) is 28.5 Å². The van der Waals surface area contributed by atoms with E-state index >= 15 is 0 Å². The van der Waals surface area contributed by atoms with Crippen LogP contribution >= 0.6 is 11.3 Å². The summed E-state index contributed by atoms with van der Waals surface area (Å²) in [4.78, 5) is 16.5. The Kier molecular flexibility index (Phi) is 6.38. The lowest BCUT2D eigenvalue weighted by molar-refractivity contribution is -0.181. The zero-order valence-corrected chi connectivity index (χ0v) is 25.0. The number of thiophene rings is 1. The number of nitrogens with one attached hydrogen (secondary N) is 1. The average Bonchev–Trinajstić information content (AvgIpc) is 3.62. The zero-order valence-electron chi connectivity index (χ0n) is 24.2. The highest BCUT2D eigenvalue weighted by Crippen LogP contribution is 2.54. The van der Waals surface area contributed by atoms with Crippen LogP contribution < -0.4 is 14.8 Å². The maximum Gasteiger partial charge on any atom is 0.255 e. The summed E-state index contributed by atoms with van der Waals surface area (Å²) in [5.41, 5.74) is 6.05. The van der Waals surface area contributed by atoms with Gasteiger partial charge in [-0.1, -0.05) is 12.1 Å². The van der Waals surface area contributed by atoms with Gasteiger partial charge in [-0.15, -0.1) is 11.3 Å². The van der Waals surface area contributed by atoms with Gasteiger partial charge < -0.3 is 34.3 Å². The molecule has 0 saturated carbocycles. The van der Waals surface area contributed by atoms with Gasteiger partial charge in [-0.25, -0.2) is 0 Å². The van der Waals surface area contributed by atoms with Crippen LogP contribution in [0, 0.1) is 0 Å². The lowest BCUT2D eigenvalue weighted by Gasteiger charge is -2.37. The third kappa shape index (κ3) is 4.38. The van der Waals surface area contributed by atoms with Crippen LogP contribution in [0.25, 0.3) is 28.5 Å². The van der Waals surface area contributed by atoms with Crippen molar-refractivity contribution in [1.82, 2.24) is 4.90 Å². The van der Waals surface area contributed by atoms with Gasteiger partial charge in [-0.05, 0) is 62.1 Å². The number of carbonyl (C=O) groups is 1. The third-order valence-corrected chi connectivity index (χ3v) is 9.35. The van der Waals surface area contributed by atoms with E-state index in [0.29, 0.717) is 67.5 Å². The topological polar surface area (TPSA) is 89.5 Å². The first-order valence-corrected chi connectivity index (χ1v) is 15.2. The van der Waals surface area contributed by atoms with Crippen LogP contribution in [0.2, 0.25) is 0 Å². The molecule has 7 rings (SSSR count). The minimum Gasteiger partial charge on any atom is -0.504 e. The first-order chi connectivity index (χ1) is 20.2. The van der Waals surface area contributed by atoms with Gasteiger partial charge in [0.05, 0.1) is 37.0 Å². The summed E-state index contributed by atoms with van der Waals surface area (Å²) in [6.07, 6.45) is 5.52. The molecule has 0 bridgehead atoms.